The highest BCUT2D eigenvalue weighted by Crippen LogP contribution is 2.30. The Labute approximate surface area is 166 Å². The quantitative estimate of drug-likeness (QED) is 0.712. The molecule has 8 heteroatoms. The normalized spacial score (nSPS) is 15.4. The lowest BCUT2D eigenvalue weighted by Crippen LogP contribution is -2.34. The molecule has 3 rings (SSSR count). The van der Waals surface area contributed by atoms with E-state index in [0.717, 1.165) is 24.8 Å². The van der Waals surface area contributed by atoms with Crippen molar-refractivity contribution in [2.75, 3.05) is 13.7 Å². The van der Waals surface area contributed by atoms with Gasteiger partial charge in [-0.1, -0.05) is 24.3 Å². The number of nitrogens with one attached hydrogen (secondary N) is 1. The van der Waals surface area contributed by atoms with Crippen LogP contribution >= 0.6 is 0 Å². The van der Waals surface area contributed by atoms with Crippen molar-refractivity contribution in [3.63, 3.8) is 0 Å². The molecule has 1 amide bonds. The Kier molecular flexibility index (Phi) is 6.64. The van der Waals surface area contributed by atoms with Gasteiger partial charge in [0.25, 0.3) is 5.91 Å². The van der Waals surface area contributed by atoms with E-state index in [1.54, 1.807) is 0 Å². The number of carbonyl (C=O) groups excluding carboxylic acids is 2. The maximum absolute atomic E-state index is 12.4. The molecule has 2 aromatic carbocycles. The highest BCUT2D eigenvalue weighted by molar-refractivity contribution is 5.92. The van der Waals surface area contributed by atoms with Crippen LogP contribution in [0.3, 0.4) is 0 Å². The van der Waals surface area contributed by atoms with Gasteiger partial charge in [-0.05, 0) is 48.6 Å². The minimum atomic E-state index is -3.02. The molecular weight excluding hydrogens is 384 g/mol. The molecule has 0 radical (unpaired) electrons. The number of fused-ring (bicyclic) bond motifs is 1. The Balaban J connectivity index is 1.57. The Hall–Kier alpha value is -3.16. The van der Waals surface area contributed by atoms with Gasteiger partial charge in [0.15, 0.2) is 18.1 Å². The lowest BCUT2D eigenvalue weighted by Gasteiger charge is -2.26. The number of halogens is 2. The summed E-state index contributed by atoms with van der Waals surface area (Å²) in [6, 6.07) is 11.5. The van der Waals surface area contributed by atoms with Gasteiger partial charge in [-0.2, -0.15) is 8.78 Å². The topological polar surface area (TPSA) is 73.9 Å². The molecular formula is C21H21F2NO5. The average molecular weight is 405 g/mol. The van der Waals surface area contributed by atoms with Gasteiger partial charge >= 0.3 is 12.6 Å². The summed E-state index contributed by atoms with van der Waals surface area (Å²) >= 11 is 0. The molecule has 0 unspecified atom stereocenters. The number of alkyl halides is 2. The van der Waals surface area contributed by atoms with E-state index < -0.39 is 25.1 Å². The van der Waals surface area contributed by atoms with Crippen LogP contribution in [0, 0.1) is 0 Å². The van der Waals surface area contributed by atoms with Crippen LogP contribution in [0.15, 0.2) is 42.5 Å². The van der Waals surface area contributed by atoms with Crippen molar-refractivity contribution >= 4 is 11.9 Å². The van der Waals surface area contributed by atoms with Gasteiger partial charge in [-0.25, -0.2) is 4.79 Å². The molecule has 1 atom stereocenters. The first kappa shape index (κ1) is 20.6. The van der Waals surface area contributed by atoms with E-state index in [0.29, 0.717) is 0 Å². The van der Waals surface area contributed by atoms with Crippen molar-refractivity contribution < 1.29 is 32.6 Å². The molecule has 2 aromatic rings. The molecule has 0 heterocycles. The number of amides is 1. The Morgan fingerprint density at radius 1 is 1.17 bits per heavy atom. The third kappa shape index (κ3) is 5.22. The van der Waals surface area contributed by atoms with Gasteiger partial charge in [-0.15, -0.1) is 0 Å². The molecule has 1 aliphatic rings. The van der Waals surface area contributed by atoms with E-state index in [9.17, 15) is 18.4 Å². The third-order valence-corrected chi connectivity index (χ3v) is 4.65. The van der Waals surface area contributed by atoms with E-state index in [-0.39, 0.29) is 23.1 Å². The van der Waals surface area contributed by atoms with E-state index in [1.807, 2.05) is 24.3 Å². The number of benzene rings is 2. The molecule has 0 saturated carbocycles. The number of carbonyl (C=O) groups is 2. The first-order valence-electron chi connectivity index (χ1n) is 9.15. The number of methoxy groups -OCH3 is 1. The van der Waals surface area contributed by atoms with Gasteiger partial charge in [0.1, 0.15) is 0 Å². The lowest BCUT2D eigenvalue weighted by molar-refractivity contribution is -0.125. The largest absolute Gasteiger partial charge is 0.493 e. The summed E-state index contributed by atoms with van der Waals surface area (Å²) in [4.78, 5) is 24.4. The fourth-order valence-corrected chi connectivity index (χ4v) is 3.34. The summed E-state index contributed by atoms with van der Waals surface area (Å²) in [7, 11) is 1.26. The van der Waals surface area contributed by atoms with Crippen LogP contribution < -0.4 is 14.8 Å². The second-order valence-electron chi connectivity index (χ2n) is 6.53. The molecule has 0 aromatic heterocycles. The van der Waals surface area contributed by atoms with Crippen molar-refractivity contribution in [1.29, 1.82) is 0 Å². The summed E-state index contributed by atoms with van der Waals surface area (Å²) in [6.07, 6.45) is 2.76. The molecule has 6 nitrogen and oxygen atoms in total. The molecule has 0 aliphatic heterocycles. The second kappa shape index (κ2) is 9.36. The summed E-state index contributed by atoms with van der Waals surface area (Å²) in [5.74, 6) is -1.42. The van der Waals surface area contributed by atoms with Crippen LogP contribution in [-0.2, 0) is 16.0 Å². The minimum Gasteiger partial charge on any atom is -0.493 e. The van der Waals surface area contributed by atoms with Gasteiger partial charge in [0, 0.05) is 0 Å². The van der Waals surface area contributed by atoms with E-state index in [1.165, 1.54) is 30.9 Å². The predicted octanol–water partition coefficient (Wildman–Crippen LogP) is 3.65. The lowest BCUT2D eigenvalue weighted by atomic mass is 9.88. The van der Waals surface area contributed by atoms with Crippen LogP contribution in [0.4, 0.5) is 8.78 Å². The van der Waals surface area contributed by atoms with Gasteiger partial charge in [0.05, 0.1) is 18.7 Å². The number of hydrogen-bond donors (Lipinski definition) is 1. The van der Waals surface area contributed by atoms with Crippen LogP contribution in [0.25, 0.3) is 0 Å². The molecule has 1 aliphatic carbocycles. The average Bonchev–Trinajstić information content (AvgIpc) is 2.72. The fourth-order valence-electron chi connectivity index (χ4n) is 3.34. The summed E-state index contributed by atoms with van der Waals surface area (Å²) < 4.78 is 39.1. The standard InChI is InChI=1S/C21H21F2NO5/c1-27-18-11-14(9-10-17(18)29-21(22)23)20(26)28-12-19(25)24-16-8-4-6-13-5-2-3-7-15(13)16/h2-3,5,7,9-11,16,21H,4,6,8,12H2,1H3,(H,24,25)/t16-/m1/s1. The first-order valence-corrected chi connectivity index (χ1v) is 9.15. The Morgan fingerprint density at radius 2 is 1.97 bits per heavy atom. The first-order chi connectivity index (χ1) is 14.0. The second-order valence-corrected chi connectivity index (χ2v) is 6.53. The molecule has 1 N–H and O–H groups in total. The maximum Gasteiger partial charge on any atom is 0.387 e. The summed E-state index contributed by atoms with van der Waals surface area (Å²) in [5.41, 5.74) is 2.34. The van der Waals surface area contributed by atoms with Crippen LogP contribution in [0.5, 0.6) is 11.5 Å². The minimum absolute atomic E-state index is 0.0389. The van der Waals surface area contributed by atoms with Crippen molar-refractivity contribution in [3.8, 4) is 11.5 Å². The Morgan fingerprint density at radius 3 is 2.72 bits per heavy atom. The number of esters is 1. The zero-order chi connectivity index (χ0) is 20.8. The van der Waals surface area contributed by atoms with E-state index in [2.05, 4.69) is 10.1 Å². The molecule has 29 heavy (non-hydrogen) atoms. The van der Waals surface area contributed by atoms with Gasteiger partial charge < -0.3 is 19.5 Å². The highest BCUT2D eigenvalue weighted by atomic mass is 19.3. The smallest absolute Gasteiger partial charge is 0.387 e. The fraction of sp³-hybridized carbons (Fsp3) is 0.333. The van der Waals surface area contributed by atoms with Gasteiger partial charge in [-0.3, -0.25) is 4.79 Å². The van der Waals surface area contributed by atoms with Crippen molar-refractivity contribution in [1.82, 2.24) is 5.32 Å². The van der Waals surface area contributed by atoms with E-state index >= 15 is 0 Å². The summed E-state index contributed by atoms with van der Waals surface area (Å²) in [6.45, 7) is -3.47. The zero-order valence-corrected chi connectivity index (χ0v) is 15.8. The predicted molar refractivity (Wildman–Crippen MR) is 100 cm³/mol. The summed E-state index contributed by atoms with van der Waals surface area (Å²) in [5, 5.41) is 2.89. The number of rotatable bonds is 7. The zero-order valence-electron chi connectivity index (χ0n) is 15.8. The third-order valence-electron chi connectivity index (χ3n) is 4.65. The highest BCUT2D eigenvalue weighted by Gasteiger charge is 2.22. The maximum atomic E-state index is 12.4. The molecule has 154 valence electrons. The van der Waals surface area contributed by atoms with Crippen molar-refractivity contribution in [3.05, 3.63) is 59.2 Å². The number of ether oxygens (including phenoxy) is 3. The molecule has 0 fully saturated rings. The Bertz CT molecular complexity index is 887. The van der Waals surface area contributed by atoms with Crippen molar-refractivity contribution in [2.45, 2.75) is 31.9 Å². The SMILES string of the molecule is COc1cc(C(=O)OCC(=O)N[C@@H]2CCCc3ccccc32)ccc1OC(F)F. The van der Waals surface area contributed by atoms with Crippen LogP contribution in [-0.4, -0.2) is 32.2 Å². The van der Waals surface area contributed by atoms with Crippen LogP contribution in [0.1, 0.15) is 40.4 Å². The number of aryl methyl sites for hydroxylation is 1. The molecule has 0 saturated heterocycles. The number of hydrogen-bond acceptors (Lipinski definition) is 5. The van der Waals surface area contributed by atoms with Crippen LogP contribution in [0.2, 0.25) is 0 Å². The van der Waals surface area contributed by atoms with Gasteiger partial charge in [0.2, 0.25) is 0 Å². The van der Waals surface area contributed by atoms with E-state index in [4.69, 9.17) is 9.47 Å². The van der Waals surface area contributed by atoms with Crippen molar-refractivity contribution in [2.24, 2.45) is 0 Å². The molecule has 0 bridgehead atoms. The molecule has 0 spiro atoms. The monoisotopic (exact) mass is 405 g/mol.